The highest BCUT2D eigenvalue weighted by Crippen LogP contribution is 2.30. The van der Waals surface area contributed by atoms with E-state index in [0.29, 0.717) is 30.8 Å². The maximum atomic E-state index is 12.9. The Labute approximate surface area is 196 Å². The van der Waals surface area contributed by atoms with Crippen molar-refractivity contribution in [2.45, 2.75) is 51.5 Å². The summed E-state index contributed by atoms with van der Waals surface area (Å²) in [5.41, 5.74) is 3.24. The molecule has 0 bridgehead atoms. The number of amides is 3. The lowest BCUT2D eigenvalue weighted by molar-refractivity contribution is -0.136. The van der Waals surface area contributed by atoms with Gasteiger partial charge >= 0.3 is 0 Å². The summed E-state index contributed by atoms with van der Waals surface area (Å²) in [5.74, 6) is -0.924. The monoisotopic (exact) mass is 459 g/mol. The zero-order valence-corrected chi connectivity index (χ0v) is 19.0. The highest BCUT2D eigenvalue weighted by atomic mass is 16.5. The molecule has 2 aliphatic rings. The molecule has 1 saturated heterocycles. The van der Waals surface area contributed by atoms with E-state index in [-0.39, 0.29) is 18.2 Å². The van der Waals surface area contributed by atoms with Crippen LogP contribution in [0.5, 0.6) is 0 Å². The summed E-state index contributed by atoms with van der Waals surface area (Å²) in [7, 11) is 0. The molecule has 1 atom stereocenters. The van der Waals surface area contributed by atoms with Crippen LogP contribution in [-0.2, 0) is 33.1 Å². The summed E-state index contributed by atoms with van der Waals surface area (Å²) in [4.78, 5) is 38.2. The molecule has 34 heavy (non-hydrogen) atoms. The van der Waals surface area contributed by atoms with Crippen LogP contribution < -0.4 is 5.32 Å². The summed E-state index contributed by atoms with van der Waals surface area (Å²) >= 11 is 0. The minimum atomic E-state index is -0.649. The molecular weight excluding hydrogens is 434 g/mol. The quantitative estimate of drug-likeness (QED) is 0.568. The number of hydrogen-bond acceptors (Lipinski definition) is 6. The average Bonchev–Trinajstić information content (AvgIpc) is 3.44. The molecule has 1 N–H and O–H groups in total. The highest BCUT2D eigenvalue weighted by molar-refractivity contribution is 6.05. The number of hydrogen-bond donors (Lipinski definition) is 1. The first kappa shape index (κ1) is 22.0. The fraction of sp³-hybridized carbons (Fsp3) is 0.320. The van der Waals surface area contributed by atoms with Gasteiger partial charge in [-0.2, -0.15) is 0 Å². The number of fused-ring (bicyclic) bond motifs is 1. The van der Waals surface area contributed by atoms with E-state index in [0.717, 1.165) is 16.8 Å². The van der Waals surface area contributed by atoms with Crippen molar-refractivity contribution in [3.8, 4) is 5.69 Å². The Kier molecular flexibility index (Phi) is 5.49. The Morgan fingerprint density at radius 2 is 1.91 bits per heavy atom. The summed E-state index contributed by atoms with van der Waals surface area (Å²) in [6.45, 7) is 4.66. The molecule has 1 fully saturated rings. The number of nitrogens with one attached hydrogen (secondary N) is 1. The molecule has 9 heteroatoms. The van der Waals surface area contributed by atoms with Crippen LogP contribution in [0.3, 0.4) is 0 Å². The van der Waals surface area contributed by atoms with Gasteiger partial charge in [-0.25, -0.2) is 4.68 Å². The van der Waals surface area contributed by atoms with Gasteiger partial charge in [0.05, 0.1) is 18.5 Å². The van der Waals surface area contributed by atoms with Crippen LogP contribution in [0.15, 0.2) is 54.7 Å². The smallest absolute Gasteiger partial charge is 0.255 e. The van der Waals surface area contributed by atoms with Gasteiger partial charge in [0.2, 0.25) is 11.8 Å². The van der Waals surface area contributed by atoms with Crippen molar-refractivity contribution in [1.82, 2.24) is 25.2 Å². The summed E-state index contributed by atoms with van der Waals surface area (Å²) in [6.07, 6.45) is 2.38. The lowest BCUT2D eigenvalue weighted by atomic mass is 10.0. The molecule has 1 unspecified atom stereocenters. The standard InChI is InChI=1S/C25H25N5O4/c1-25(2,34-15-16-6-4-3-5-7-16)21-14-30(28-27-21)18-8-9-19-17(12-18)13-29(24(19)33)20-10-11-22(31)26-23(20)32/h3-9,12,14,20H,10-11,13,15H2,1-2H3,(H,26,31,32). The molecule has 3 aromatic rings. The zero-order valence-electron chi connectivity index (χ0n) is 19.0. The largest absolute Gasteiger partial charge is 0.364 e. The third-order valence-electron chi connectivity index (χ3n) is 6.32. The molecule has 9 nitrogen and oxygen atoms in total. The predicted octanol–water partition coefficient (Wildman–Crippen LogP) is 2.48. The van der Waals surface area contributed by atoms with Gasteiger partial charge in [-0.15, -0.1) is 5.10 Å². The molecule has 0 aliphatic carbocycles. The molecule has 3 amide bonds. The van der Waals surface area contributed by atoms with Gasteiger partial charge in [0.25, 0.3) is 5.91 Å². The Balaban J connectivity index is 1.32. The average molecular weight is 460 g/mol. The molecule has 0 radical (unpaired) electrons. The Bertz CT molecular complexity index is 1270. The number of carbonyl (C=O) groups is 3. The van der Waals surface area contributed by atoms with Crippen molar-refractivity contribution in [2.24, 2.45) is 0 Å². The number of piperidine rings is 1. The minimum absolute atomic E-state index is 0.203. The second-order valence-corrected chi connectivity index (χ2v) is 9.07. The number of carbonyl (C=O) groups excluding carboxylic acids is 3. The van der Waals surface area contributed by atoms with E-state index in [1.165, 1.54) is 4.90 Å². The highest BCUT2D eigenvalue weighted by Gasteiger charge is 2.39. The Hall–Kier alpha value is -3.85. The number of nitrogens with zero attached hydrogens (tertiary/aromatic N) is 4. The van der Waals surface area contributed by atoms with Gasteiger partial charge < -0.3 is 9.64 Å². The number of imide groups is 1. The SMILES string of the molecule is CC(C)(OCc1ccccc1)c1cn(-c2ccc3c(c2)CN(C2CCC(=O)NC2=O)C3=O)nn1. The Morgan fingerprint density at radius 1 is 1.12 bits per heavy atom. The first-order chi connectivity index (χ1) is 16.3. The molecule has 1 aromatic heterocycles. The van der Waals surface area contributed by atoms with Crippen LogP contribution >= 0.6 is 0 Å². The van der Waals surface area contributed by atoms with Crippen molar-refractivity contribution < 1.29 is 19.1 Å². The number of rotatable bonds is 6. The minimum Gasteiger partial charge on any atom is -0.364 e. The summed E-state index contributed by atoms with van der Waals surface area (Å²) < 4.78 is 7.76. The van der Waals surface area contributed by atoms with E-state index in [2.05, 4.69) is 15.6 Å². The normalized spacial score (nSPS) is 18.2. The van der Waals surface area contributed by atoms with Gasteiger partial charge in [0.15, 0.2) is 0 Å². The van der Waals surface area contributed by atoms with E-state index < -0.39 is 17.6 Å². The van der Waals surface area contributed by atoms with Crippen molar-refractivity contribution >= 4 is 17.7 Å². The van der Waals surface area contributed by atoms with Crippen LogP contribution in [0, 0.1) is 0 Å². The van der Waals surface area contributed by atoms with Gasteiger partial charge in [0.1, 0.15) is 17.3 Å². The Morgan fingerprint density at radius 3 is 2.68 bits per heavy atom. The second kappa shape index (κ2) is 8.49. The lowest BCUT2D eigenvalue weighted by Crippen LogP contribution is -2.52. The van der Waals surface area contributed by atoms with E-state index >= 15 is 0 Å². The predicted molar refractivity (Wildman–Crippen MR) is 122 cm³/mol. The molecule has 0 spiro atoms. The van der Waals surface area contributed by atoms with Gasteiger partial charge in [-0.1, -0.05) is 35.5 Å². The van der Waals surface area contributed by atoms with Crippen LogP contribution in [0.4, 0.5) is 0 Å². The fourth-order valence-electron chi connectivity index (χ4n) is 4.28. The van der Waals surface area contributed by atoms with Crippen LogP contribution in [0.25, 0.3) is 5.69 Å². The number of benzene rings is 2. The van der Waals surface area contributed by atoms with Gasteiger partial charge in [-0.3, -0.25) is 19.7 Å². The molecule has 2 aliphatic heterocycles. The lowest BCUT2D eigenvalue weighted by Gasteiger charge is -2.29. The molecule has 174 valence electrons. The third kappa shape index (κ3) is 4.10. The maximum absolute atomic E-state index is 12.9. The van der Waals surface area contributed by atoms with Crippen LogP contribution in [0.2, 0.25) is 0 Å². The molecule has 0 saturated carbocycles. The van der Waals surface area contributed by atoms with Crippen molar-refractivity contribution in [3.63, 3.8) is 0 Å². The first-order valence-electron chi connectivity index (χ1n) is 11.2. The van der Waals surface area contributed by atoms with E-state index in [1.54, 1.807) is 16.8 Å². The third-order valence-corrected chi connectivity index (χ3v) is 6.32. The summed E-state index contributed by atoms with van der Waals surface area (Å²) in [5, 5.41) is 10.9. The zero-order chi connectivity index (χ0) is 23.9. The molecule has 3 heterocycles. The summed E-state index contributed by atoms with van der Waals surface area (Å²) in [6, 6.07) is 14.7. The fourth-order valence-corrected chi connectivity index (χ4v) is 4.28. The second-order valence-electron chi connectivity index (χ2n) is 9.07. The number of aromatic nitrogens is 3. The van der Waals surface area contributed by atoms with E-state index in [1.807, 2.05) is 56.4 Å². The molecular formula is C25H25N5O4. The van der Waals surface area contributed by atoms with E-state index in [9.17, 15) is 14.4 Å². The van der Waals surface area contributed by atoms with Crippen molar-refractivity contribution in [3.05, 3.63) is 77.1 Å². The van der Waals surface area contributed by atoms with E-state index in [4.69, 9.17) is 4.74 Å². The van der Waals surface area contributed by atoms with Crippen LogP contribution in [0.1, 0.15) is 53.9 Å². The topological polar surface area (TPSA) is 106 Å². The maximum Gasteiger partial charge on any atom is 0.255 e. The van der Waals surface area contributed by atoms with Gasteiger partial charge in [0, 0.05) is 18.5 Å². The van der Waals surface area contributed by atoms with Crippen LogP contribution in [-0.4, -0.2) is 43.7 Å². The van der Waals surface area contributed by atoms with Crippen molar-refractivity contribution in [2.75, 3.05) is 0 Å². The number of ether oxygens (including phenoxy) is 1. The van der Waals surface area contributed by atoms with Gasteiger partial charge in [-0.05, 0) is 49.6 Å². The molecule has 5 rings (SSSR count). The van der Waals surface area contributed by atoms with Crippen molar-refractivity contribution in [1.29, 1.82) is 0 Å². The first-order valence-corrected chi connectivity index (χ1v) is 11.2. The molecule has 2 aromatic carbocycles.